The Kier molecular flexibility index (Phi) is 5.15. The average Bonchev–Trinajstić information content (AvgIpc) is 2.97. The van der Waals surface area contributed by atoms with Gasteiger partial charge in [-0.2, -0.15) is 9.29 Å². The number of methoxy groups -OCH3 is 1. The van der Waals surface area contributed by atoms with Crippen molar-refractivity contribution in [3.8, 4) is 5.88 Å². The maximum atomic E-state index is 14.3. The zero-order chi connectivity index (χ0) is 21.6. The normalized spacial score (nSPS) is 16.3. The van der Waals surface area contributed by atoms with Crippen molar-refractivity contribution in [3.05, 3.63) is 59.2 Å². The van der Waals surface area contributed by atoms with Crippen molar-refractivity contribution in [1.29, 1.82) is 0 Å². The van der Waals surface area contributed by atoms with Crippen molar-refractivity contribution in [2.24, 2.45) is 0 Å². The molecule has 8 nitrogen and oxygen atoms in total. The summed E-state index contributed by atoms with van der Waals surface area (Å²) in [5.41, 5.74) is 1.05. The lowest BCUT2D eigenvalue weighted by Crippen LogP contribution is -2.41. The number of ether oxygens (including phenoxy) is 1. The summed E-state index contributed by atoms with van der Waals surface area (Å²) in [6.07, 6.45) is 0.731. The molecular formula is C20H21FN4O4S. The first-order valence-electron chi connectivity index (χ1n) is 9.43. The summed E-state index contributed by atoms with van der Waals surface area (Å²) in [6.45, 7) is 1.99. The summed E-state index contributed by atoms with van der Waals surface area (Å²) >= 11 is 0. The predicted molar refractivity (Wildman–Crippen MR) is 108 cm³/mol. The van der Waals surface area contributed by atoms with E-state index in [2.05, 4.69) is 4.98 Å². The van der Waals surface area contributed by atoms with Crippen LogP contribution in [0.25, 0.3) is 11.2 Å². The SMILES string of the molecule is [CH]n1c(=O)n(C2CCN(S(=O)(=O)c3ccc(C)cc3F)CC2)c2nc(OC)ccc21. The zero-order valence-electron chi connectivity index (χ0n) is 16.6. The van der Waals surface area contributed by atoms with Gasteiger partial charge in [0.15, 0.2) is 5.65 Å². The van der Waals surface area contributed by atoms with E-state index in [4.69, 9.17) is 11.8 Å². The lowest BCUT2D eigenvalue weighted by Gasteiger charge is -2.31. The standard InChI is InChI=1S/C20H21FN4O4S/c1-13-4-6-17(15(21)12-13)30(27,28)24-10-8-14(9-11-24)25-19-16(23(2)20(25)26)5-7-18(22-19)29-3/h2,4-7,12,14H,8-11H2,1,3H3. The number of fused-ring (bicyclic) bond motifs is 1. The van der Waals surface area contributed by atoms with Crippen molar-refractivity contribution in [3.63, 3.8) is 0 Å². The maximum absolute atomic E-state index is 14.3. The molecule has 1 fully saturated rings. The van der Waals surface area contributed by atoms with Gasteiger partial charge in [-0.05, 0) is 43.5 Å². The molecule has 0 unspecified atom stereocenters. The lowest BCUT2D eigenvalue weighted by atomic mass is 10.1. The fourth-order valence-electron chi connectivity index (χ4n) is 3.84. The lowest BCUT2D eigenvalue weighted by molar-refractivity contribution is 0.272. The Hall–Kier alpha value is -2.72. The van der Waals surface area contributed by atoms with Gasteiger partial charge in [-0.25, -0.2) is 17.6 Å². The number of hydrogen-bond donors (Lipinski definition) is 0. The third kappa shape index (κ3) is 3.29. The van der Waals surface area contributed by atoms with Crippen LogP contribution in [0.3, 0.4) is 0 Å². The number of imidazole rings is 1. The number of pyridine rings is 1. The second-order valence-electron chi connectivity index (χ2n) is 7.29. The van der Waals surface area contributed by atoms with Crippen LogP contribution in [0.1, 0.15) is 24.4 Å². The van der Waals surface area contributed by atoms with Crippen molar-refractivity contribution >= 4 is 21.2 Å². The molecule has 1 aliphatic heterocycles. The van der Waals surface area contributed by atoms with Crippen molar-refractivity contribution < 1.29 is 17.5 Å². The van der Waals surface area contributed by atoms with E-state index in [0.29, 0.717) is 35.4 Å². The molecule has 0 spiro atoms. The van der Waals surface area contributed by atoms with E-state index in [-0.39, 0.29) is 24.0 Å². The number of nitrogens with zero attached hydrogens (tertiary/aromatic N) is 4. The predicted octanol–water partition coefficient (Wildman–Crippen LogP) is 2.20. The minimum Gasteiger partial charge on any atom is -0.481 e. The number of hydrogen-bond acceptors (Lipinski definition) is 5. The third-order valence-corrected chi connectivity index (χ3v) is 7.36. The number of benzene rings is 1. The summed E-state index contributed by atoms with van der Waals surface area (Å²) in [4.78, 5) is 16.7. The molecule has 1 aliphatic rings. The molecule has 0 bridgehead atoms. The van der Waals surface area contributed by atoms with Crippen LogP contribution in [0.15, 0.2) is 40.0 Å². The summed E-state index contributed by atoms with van der Waals surface area (Å²) in [6, 6.07) is 7.03. The Balaban J connectivity index is 1.62. The van der Waals surface area contributed by atoms with Crippen molar-refractivity contribution in [2.75, 3.05) is 20.2 Å². The minimum atomic E-state index is -3.97. The molecule has 1 aromatic carbocycles. The molecule has 0 atom stereocenters. The van der Waals surface area contributed by atoms with E-state index < -0.39 is 21.5 Å². The van der Waals surface area contributed by atoms with Gasteiger partial charge < -0.3 is 4.74 Å². The van der Waals surface area contributed by atoms with Gasteiger partial charge >= 0.3 is 5.69 Å². The first-order chi connectivity index (χ1) is 14.2. The highest BCUT2D eigenvalue weighted by Crippen LogP contribution is 2.29. The number of rotatable bonds is 4. The molecule has 0 aliphatic carbocycles. The van der Waals surface area contributed by atoms with Crippen LogP contribution in [0.4, 0.5) is 4.39 Å². The summed E-state index contributed by atoms with van der Waals surface area (Å²) in [5, 5.41) is 0. The highest BCUT2D eigenvalue weighted by Gasteiger charge is 2.33. The van der Waals surface area contributed by atoms with Crippen LogP contribution in [0.2, 0.25) is 0 Å². The number of piperidine rings is 1. The molecule has 4 rings (SSSR count). The fourth-order valence-corrected chi connectivity index (χ4v) is 5.35. The molecule has 10 heteroatoms. The Bertz CT molecular complexity index is 1270. The molecular weight excluding hydrogens is 411 g/mol. The quantitative estimate of drug-likeness (QED) is 0.631. The molecule has 3 aromatic rings. The largest absolute Gasteiger partial charge is 0.481 e. The molecule has 0 amide bonds. The van der Waals surface area contributed by atoms with E-state index in [0.717, 1.165) is 4.57 Å². The van der Waals surface area contributed by atoms with Crippen LogP contribution in [0.5, 0.6) is 5.88 Å². The molecule has 158 valence electrons. The minimum absolute atomic E-state index is 0.147. The van der Waals surface area contributed by atoms with Crippen LogP contribution < -0.4 is 10.4 Å². The second kappa shape index (κ2) is 7.51. The van der Waals surface area contributed by atoms with Crippen LogP contribution in [-0.2, 0) is 10.0 Å². The van der Waals surface area contributed by atoms with Gasteiger partial charge in [0.05, 0.1) is 19.7 Å². The number of aromatic nitrogens is 3. The van der Waals surface area contributed by atoms with Gasteiger partial charge in [-0.15, -0.1) is 0 Å². The summed E-state index contributed by atoms with van der Waals surface area (Å²) in [5.74, 6) is -0.424. The van der Waals surface area contributed by atoms with Crippen LogP contribution in [0, 0.1) is 19.8 Å². The zero-order valence-corrected chi connectivity index (χ0v) is 17.4. The van der Waals surface area contributed by atoms with E-state index >= 15 is 0 Å². The van der Waals surface area contributed by atoms with E-state index in [9.17, 15) is 17.6 Å². The summed E-state index contributed by atoms with van der Waals surface area (Å²) in [7, 11) is 3.40. The Morgan fingerprint density at radius 2 is 1.90 bits per heavy atom. The monoisotopic (exact) mass is 432 g/mol. The molecule has 30 heavy (non-hydrogen) atoms. The van der Waals surface area contributed by atoms with Gasteiger partial charge in [-0.1, -0.05) is 6.07 Å². The first kappa shape index (κ1) is 20.5. The molecule has 1 saturated heterocycles. The highest BCUT2D eigenvalue weighted by atomic mass is 32.2. The Morgan fingerprint density at radius 3 is 2.53 bits per heavy atom. The Labute approximate surface area is 173 Å². The number of aryl methyl sites for hydroxylation is 1. The molecule has 0 N–H and O–H groups in total. The van der Waals surface area contributed by atoms with Crippen molar-refractivity contribution in [1.82, 2.24) is 18.4 Å². The third-order valence-electron chi connectivity index (χ3n) is 5.43. The van der Waals surface area contributed by atoms with Crippen molar-refractivity contribution in [2.45, 2.75) is 30.7 Å². The van der Waals surface area contributed by atoms with E-state index in [1.54, 1.807) is 25.1 Å². The maximum Gasteiger partial charge on any atom is 0.331 e. The second-order valence-corrected chi connectivity index (χ2v) is 9.19. The highest BCUT2D eigenvalue weighted by molar-refractivity contribution is 7.89. The number of halogens is 1. The molecule has 2 aromatic heterocycles. The van der Waals surface area contributed by atoms with Crippen LogP contribution >= 0.6 is 0 Å². The average molecular weight is 432 g/mol. The molecule has 2 radical (unpaired) electrons. The van der Waals surface area contributed by atoms with Gasteiger partial charge in [0.1, 0.15) is 10.7 Å². The fraction of sp³-hybridized carbons (Fsp3) is 0.350. The van der Waals surface area contributed by atoms with E-state index in [1.165, 1.54) is 28.1 Å². The first-order valence-corrected chi connectivity index (χ1v) is 10.9. The van der Waals surface area contributed by atoms with Gasteiger partial charge in [0.25, 0.3) is 0 Å². The number of sulfonamides is 1. The van der Waals surface area contributed by atoms with Gasteiger partial charge in [0.2, 0.25) is 15.9 Å². The molecule has 0 saturated carbocycles. The Morgan fingerprint density at radius 1 is 1.20 bits per heavy atom. The smallest absolute Gasteiger partial charge is 0.331 e. The summed E-state index contributed by atoms with van der Waals surface area (Å²) < 4.78 is 48.9. The topological polar surface area (TPSA) is 86.4 Å². The van der Waals surface area contributed by atoms with Gasteiger partial charge in [-0.3, -0.25) is 9.13 Å². The van der Waals surface area contributed by atoms with E-state index in [1.807, 2.05) is 0 Å². The molecule has 3 heterocycles. The van der Waals surface area contributed by atoms with Crippen LogP contribution in [-0.4, -0.2) is 47.0 Å². The van der Waals surface area contributed by atoms with Gasteiger partial charge in [0, 0.05) is 25.2 Å².